The predicted octanol–water partition coefficient (Wildman–Crippen LogP) is 3.06. The first-order valence-corrected chi connectivity index (χ1v) is 7.32. The van der Waals surface area contributed by atoms with E-state index in [2.05, 4.69) is 15.0 Å². The molecule has 5 heteroatoms. The topological polar surface area (TPSA) is 63.0 Å². The lowest BCUT2D eigenvalue weighted by molar-refractivity contribution is 1.01. The molecule has 1 aromatic carbocycles. The predicted molar refractivity (Wildman–Crippen MR) is 89.2 cm³/mol. The lowest BCUT2D eigenvalue weighted by Gasteiger charge is -2.12. The third-order valence-corrected chi connectivity index (χ3v) is 3.81. The zero-order valence-electron chi connectivity index (χ0n) is 12.5. The van der Waals surface area contributed by atoms with Crippen LogP contribution in [-0.2, 0) is 0 Å². The van der Waals surface area contributed by atoms with Gasteiger partial charge in [0, 0.05) is 29.8 Å². The Labute approximate surface area is 132 Å². The molecule has 0 bridgehead atoms. The molecule has 0 aliphatic carbocycles. The fourth-order valence-corrected chi connectivity index (χ4v) is 2.79. The van der Waals surface area contributed by atoms with E-state index in [-0.39, 0.29) is 5.69 Å². The van der Waals surface area contributed by atoms with Crippen LogP contribution in [0.25, 0.3) is 28.0 Å². The Balaban J connectivity index is 2.14. The number of nitrogens with zero attached hydrogens (tertiary/aromatic N) is 3. The Bertz CT molecular complexity index is 1050. The van der Waals surface area contributed by atoms with Gasteiger partial charge in [0.05, 0.1) is 5.69 Å². The van der Waals surface area contributed by atoms with Crippen molar-refractivity contribution >= 4 is 5.65 Å². The summed E-state index contributed by atoms with van der Waals surface area (Å²) in [6.07, 6.45) is 5.07. The number of pyridine rings is 1. The molecule has 4 aromatic rings. The molecule has 112 valence electrons. The highest BCUT2D eigenvalue weighted by Gasteiger charge is 2.16. The van der Waals surface area contributed by atoms with E-state index >= 15 is 0 Å². The summed E-state index contributed by atoms with van der Waals surface area (Å²) in [5.41, 5.74) is 4.93. The number of hydrogen-bond donors (Lipinski definition) is 1. The standard InChI is InChI=1S/C18H14N4O/c1-12-11-14(7-8-19-12)15-16(13-5-3-2-4-6-13)21-18(23)22-10-9-20-17(15)22/h2-11H,1H3,(H,21,23). The number of hydrogen-bond acceptors (Lipinski definition) is 3. The Morgan fingerprint density at radius 3 is 2.61 bits per heavy atom. The molecule has 5 nitrogen and oxygen atoms in total. The minimum absolute atomic E-state index is 0.203. The molecular weight excluding hydrogens is 288 g/mol. The summed E-state index contributed by atoms with van der Waals surface area (Å²) in [5.74, 6) is 0. The first kappa shape index (κ1) is 13.5. The monoisotopic (exact) mass is 302 g/mol. The number of aryl methyl sites for hydroxylation is 1. The fraction of sp³-hybridized carbons (Fsp3) is 0.0556. The van der Waals surface area contributed by atoms with Crippen molar-refractivity contribution < 1.29 is 0 Å². The van der Waals surface area contributed by atoms with Crippen molar-refractivity contribution in [3.8, 4) is 22.4 Å². The molecule has 0 saturated carbocycles. The summed E-state index contributed by atoms with van der Waals surface area (Å²) in [7, 11) is 0. The third kappa shape index (κ3) is 2.23. The number of aromatic nitrogens is 4. The summed E-state index contributed by atoms with van der Waals surface area (Å²) in [4.78, 5) is 24.0. The van der Waals surface area contributed by atoms with E-state index in [1.165, 1.54) is 4.40 Å². The van der Waals surface area contributed by atoms with E-state index in [9.17, 15) is 4.79 Å². The number of aromatic amines is 1. The van der Waals surface area contributed by atoms with E-state index < -0.39 is 0 Å². The van der Waals surface area contributed by atoms with E-state index in [0.29, 0.717) is 5.65 Å². The van der Waals surface area contributed by atoms with Gasteiger partial charge in [-0.1, -0.05) is 30.3 Å². The average molecular weight is 302 g/mol. The molecule has 1 N–H and O–H groups in total. The summed E-state index contributed by atoms with van der Waals surface area (Å²) < 4.78 is 1.53. The fourth-order valence-electron chi connectivity index (χ4n) is 2.79. The van der Waals surface area contributed by atoms with Gasteiger partial charge in [0.25, 0.3) is 0 Å². The average Bonchev–Trinajstić information content (AvgIpc) is 3.05. The summed E-state index contributed by atoms with van der Waals surface area (Å²) in [6.45, 7) is 1.94. The van der Waals surface area contributed by atoms with Crippen molar-refractivity contribution in [2.75, 3.05) is 0 Å². The second-order valence-electron chi connectivity index (χ2n) is 5.35. The van der Waals surface area contributed by atoms with Crippen LogP contribution in [0.3, 0.4) is 0 Å². The lowest BCUT2D eigenvalue weighted by atomic mass is 10.0. The van der Waals surface area contributed by atoms with Gasteiger partial charge in [0.1, 0.15) is 0 Å². The molecule has 0 unspecified atom stereocenters. The second kappa shape index (κ2) is 5.21. The molecule has 4 rings (SSSR count). The van der Waals surface area contributed by atoms with E-state index in [1.54, 1.807) is 18.6 Å². The minimum Gasteiger partial charge on any atom is -0.306 e. The molecule has 0 fully saturated rings. The second-order valence-corrected chi connectivity index (χ2v) is 5.35. The summed E-state index contributed by atoms with van der Waals surface area (Å²) in [5, 5.41) is 0. The molecular formula is C18H14N4O. The van der Waals surface area contributed by atoms with Gasteiger partial charge in [-0.15, -0.1) is 0 Å². The van der Waals surface area contributed by atoms with Gasteiger partial charge in [-0.05, 0) is 30.2 Å². The van der Waals surface area contributed by atoms with Crippen molar-refractivity contribution in [3.05, 3.63) is 77.2 Å². The highest BCUT2D eigenvalue weighted by Crippen LogP contribution is 2.32. The van der Waals surface area contributed by atoms with Gasteiger partial charge in [0.15, 0.2) is 5.65 Å². The van der Waals surface area contributed by atoms with Gasteiger partial charge < -0.3 is 4.98 Å². The molecule has 0 spiro atoms. The Morgan fingerprint density at radius 2 is 1.83 bits per heavy atom. The normalized spacial score (nSPS) is 11.0. The van der Waals surface area contributed by atoms with Crippen molar-refractivity contribution in [1.82, 2.24) is 19.4 Å². The Morgan fingerprint density at radius 1 is 1.00 bits per heavy atom. The zero-order chi connectivity index (χ0) is 15.8. The van der Waals surface area contributed by atoms with Crippen molar-refractivity contribution in [2.24, 2.45) is 0 Å². The maximum atomic E-state index is 12.3. The molecule has 0 saturated heterocycles. The number of benzene rings is 1. The van der Waals surface area contributed by atoms with Crippen LogP contribution in [-0.4, -0.2) is 19.4 Å². The van der Waals surface area contributed by atoms with E-state index in [4.69, 9.17) is 0 Å². The summed E-state index contributed by atoms with van der Waals surface area (Å²) in [6, 6.07) is 13.7. The van der Waals surface area contributed by atoms with Crippen LogP contribution < -0.4 is 5.69 Å². The maximum Gasteiger partial charge on any atom is 0.331 e. The van der Waals surface area contributed by atoms with Crippen LogP contribution in [0.5, 0.6) is 0 Å². The van der Waals surface area contributed by atoms with Crippen LogP contribution >= 0.6 is 0 Å². The van der Waals surface area contributed by atoms with Crippen LogP contribution in [0.15, 0.2) is 65.8 Å². The third-order valence-electron chi connectivity index (χ3n) is 3.81. The molecule has 3 heterocycles. The van der Waals surface area contributed by atoms with Gasteiger partial charge in [-0.3, -0.25) is 9.38 Å². The van der Waals surface area contributed by atoms with Crippen molar-refractivity contribution in [1.29, 1.82) is 0 Å². The Hall–Kier alpha value is -3.21. The molecule has 0 atom stereocenters. The van der Waals surface area contributed by atoms with Gasteiger partial charge in [-0.25, -0.2) is 9.78 Å². The summed E-state index contributed by atoms with van der Waals surface area (Å²) >= 11 is 0. The first-order chi connectivity index (χ1) is 11.2. The maximum absolute atomic E-state index is 12.3. The number of fused-ring (bicyclic) bond motifs is 1. The van der Waals surface area contributed by atoms with Crippen LogP contribution in [0.2, 0.25) is 0 Å². The molecule has 23 heavy (non-hydrogen) atoms. The van der Waals surface area contributed by atoms with Crippen LogP contribution in [0.1, 0.15) is 5.69 Å². The van der Waals surface area contributed by atoms with Crippen molar-refractivity contribution in [2.45, 2.75) is 6.92 Å². The number of nitrogens with one attached hydrogen (secondary N) is 1. The number of imidazole rings is 1. The van der Waals surface area contributed by atoms with Crippen LogP contribution in [0, 0.1) is 6.92 Å². The largest absolute Gasteiger partial charge is 0.331 e. The number of rotatable bonds is 2. The van der Waals surface area contributed by atoms with E-state index in [0.717, 1.165) is 28.1 Å². The highest BCUT2D eigenvalue weighted by molar-refractivity contribution is 5.89. The van der Waals surface area contributed by atoms with Gasteiger partial charge >= 0.3 is 5.69 Å². The van der Waals surface area contributed by atoms with Gasteiger partial charge in [-0.2, -0.15) is 0 Å². The smallest absolute Gasteiger partial charge is 0.306 e. The molecule has 0 aliphatic heterocycles. The minimum atomic E-state index is -0.203. The van der Waals surface area contributed by atoms with Gasteiger partial charge in [0.2, 0.25) is 0 Å². The SMILES string of the molecule is Cc1cc(-c2c(-c3ccccc3)[nH]c(=O)n3ccnc23)ccn1. The van der Waals surface area contributed by atoms with Crippen molar-refractivity contribution in [3.63, 3.8) is 0 Å². The lowest BCUT2D eigenvalue weighted by Crippen LogP contribution is -2.17. The molecule has 0 aliphatic rings. The highest BCUT2D eigenvalue weighted by atomic mass is 16.1. The van der Waals surface area contributed by atoms with E-state index in [1.807, 2.05) is 49.4 Å². The zero-order valence-corrected chi connectivity index (χ0v) is 12.5. The Kier molecular flexibility index (Phi) is 3.05. The first-order valence-electron chi connectivity index (χ1n) is 7.32. The molecule has 3 aromatic heterocycles. The van der Waals surface area contributed by atoms with Crippen LogP contribution in [0.4, 0.5) is 0 Å². The molecule has 0 radical (unpaired) electrons. The number of H-pyrrole nitrogens is 1. The molecule has 0 amide bonds. The quantitative estimate of drug-likeness (QED) is 0.619.